The molecule has 31 heavy (non-hydrogen) atoms. The number of benzene rings is 1. The fourth-order valence-corrected chi connectivity index (χ4v) is 4.45. The Kier molecular flexibility index (Phi) is 6.03. The number of fused-ring (bicyclic) bond motifs is 1. The number of rotatable bonds is 2. The lowest BCUT2D eigenvalue weighted by atomic mass is 9.96. The molecular weight excluding hydrogens is 392 g/mol. The third kappa shape index (κ3) is 4.92. The van der Waals surface area contributed by atoms with Crippen molar-refractivity contribution in [1.29, 1.82) is 0 Å². The van der Waals surface area contributed by atoms with Gasteiger partial charge in [-0.1, -0.05) is 18.2 Å². The van der Waals surface area contributed by atoms with E-state index in [4.69, 9.17) is 4.74 Å². The van der Waals surface area contributed by atoms with Gasteiger partial charge in [0.05, 0.1) is 11.4 Å². The van der Waals surface area contributed by atoms with Crippen LogP contribution in [0.3, 0.4) is 0 Å². The number of hydrogen-bond acceptors (Lipinski definition) is 5. The van der Waals surface area contributed by atoms with Crippen molar-refractivity contribution in [3.8, 4) is 0 Å². The van der Waals surface area contributed by atoms with Gasteiger partial charge in [-0.15, -0.1) is 0 Å². The Labute approximate surface area is 184 Å². The zero-order valence-corrected chi connectivity index (χ0v) is 18.7. The average molecular weight is 425 g/mol. The van der Waals surface area contributed by atoms with E-state index in [9.17, 15) is 9.59 Å². The molecule has 0 bridgehead atoms. The minimum absolute atomic E-state index is 0.144. The smallest absolute Gasteiger partial charge is 0.410 e. The number of ether oxygens (including phenoxy) is 1. The van der Waals surface area contributed by atoms with Gasteiger partial charge >= 0.3 is 6.09 Å². The molecule has 0 radical (unpaired) electrons. The van der Waals surface area contributed by atoms with Crippen LogP contribution >= 0.6 is 0 Å². The van der Waals surface area contributed by atoms with Gasteiger partial charge in [-0.05, 0) is 45.7 Å². The summed E-state index contributed by atoms with van der Waals surface area (Å²) in [5.41, 5.74) is 1.64. The van der Waals surface area contributed by atoms with E-state index in [0.717, 1.165) is 36.8 Å². The Balaban J connectivity index is 1.36. The van der Waals surface area contributed by atoms with Crippen LogP contribution < -0.4 is 4.90 Å². The van der Waals surface area contributed by atoms with Crippen LogP contribution in [0.2, 0.25) is 0 Å². The maximum Gasteiger partial charge on any atom is 0.410 e. The minimum Gasteiger partial charge on any atom is -0.444 e. The zero-order chi connectivity index (χ0) is 22.0. The standard InChI is InChI=1S/C24H32N4O3/c1-24(2,3)31-23(30)28-12-6-7-18(17-28)22(29)27-15-13-26(14-16-27)21-10-11-25-20-9-5-4-8-19(20)21/h4-5,8-11,18H,6-7,12-17H2,1-3H3/t18-/m1/s1. The van der Waals surface area contributed by atoms with Gasteiger partial charge in [0.1, 0.15) is 5.60 Å². The van der Waals surface area contributed by atoms with Crippen LogP contribution in [-0.2, 0) is 9.53 Å². The minimum atomic E-state index is -0.526. The summed E-state index contributed by atoms with van der Waals surface area (Å²) in [6.45, 7) is 9.67. The van der Waals surface area contributed by atoms with Crippen molar-refractivity contribution in [3.63, 3.8) is 0 Å². The number of piperazine rings is 1. The molecule has 1 atom stereocenters. The summed E-state index contributed by atoms with van der Waals surface area (Å²) in [6.07, 6.45) is 3.19. The summed E-state index contributed by atoms with van der Waals surface area (Å²) in [7, 11) is 0. The molecule has 0 spiro atoms. The first kappa shape index (κ1) is 21.4. The molecule has 7 nitrogen and oxygen atoms in total. The maximum absolute atomic E-state index is 13.2. The summed E-state index contributed by atoms with van der Waals surface area (Å²) in [5.74, 6) is 0.0158. The van der Waals surface area contributed by atoms with E-state index in [1.165, 1.54) is 5.69 Å². The molecule has 3 heterocycles. The van der Waals surface area contributed by atoms with Gasteiger partial charge in [0.2, 0.25) is 5.91 Å². The quantitative estimate of drug-likeness (QED) is 0.738. The van der Waals surface area contributed by atoms with E-state index >= 15 is 0 Å². The molecule has 0 N–H and O–H groups in total. The number of anilines is 1. The normalized spacial score (nSPS) is 20.1. The van der Waals surface area contributed by atoms with E-state index in [1.54, 1.807) is 4.90 Å². The molecule has 1 aromatic carbocycles. The number of amides is 2. The molecule has 2 amide bonds. The Morgan fingerprint density at radius 2 is 1.74 bits per heavy atom. The highest BCUT2D eigenvalue weighted by molar-refractivity contribution is 5.91. The Bertz CT molecular complexity index is 942. The molecule has 0 saturated carbocycles. The predicted octanol–water partition coefficient (Wildman–Crippen LogP) is 3.53. The van der Waals surface area contributed by atoms with Crippen LogP contribution in [0.25, 0.3) is 10.9 Å². The number of aromatic nitrogens is 1. The summed E-state index contributed by atoms with van der Waals surface area (Å²) in [4.78, 5) is 36.1. The molecule has 4 rings (SSSR count). The Morgan fingerprint density at radius 1 is 1.00 bits per heavy atom. The first-order valence-corrected chi connectivity index (χ1v) is 11.2. The van der Waals surface area contributed by atoms with E-state index in [1.807, 2.05) is 50.1 Å². The Morgan fingerprint density at radius 3 is 2.48 bits per heavy atom. The summed E-state index contributed by atoms with van der Waals surface area (Å²) >= 11 is 0. The van der Waals surface area contributed by atoms with E-state index < -0.39 is 5.60 Å². The highest BCUT2D eigenvalue weighted by Crippen LogP contribution is 2.27. The third-order valence-electron chi connectivity index (χ3n) is 5.98. The fraction of sp³-hybridized carbons (Fsp3) is 0.542. The Hall–Kier alpha value is -2.83. The largest absolute Gasteiger partial charge is 0.444 e. The van der Waals surface area contributed by atoms with Crippen LogP contribution in [-0.4, -0.2) is 71.7 Å². The number of hydrogen-bond donors (Lipinski definition) is 0. The van der Waals surface area contributed by atoms with Gasteiger partial charge in [-0.25, -0.2) is 4.79 Å². The predicted molar refractivity (Wildman–Crippen MR) is 121 cm³/mol. The van der Waals surface area contributed by atoms with Crippen LogP contribution in [0, 0.1) is 5.92 Å². The fourth-order valence-electron chi connectivity index (χ4n) is 4.45. The first-order chi connectivity index (χ1) is 14.8. The molecule has 1 aromatic heterocycles. The molecule has 2 aliphatic heterocycles. The molecule has 166 valence electrons. The van der Waals surface area contributed by atoms with Gasteiger partial charge < -0.3 is 19.4 Å². The average Bonchev–Trinajstić information content (AvgIpc) is 2.77. The van der Waals surface area contributed by atoms with Crippen LogP contribution in [0.5, 0.6) is 0 Å². The molecular formula is C24H32N4O3. The highest BCUT2D eigenvalue weighted by Gasteiger charge is 2.34. The lowest BCUT2D eigenvalue weighted by Crippen LogP contribution is -2.53. The monoisotopic (exact) mass is 424 g/mol. The van der Waals surface area contributed by atoms with Crippen molar-refractivity contribution in [3.05, 3.63) is 36.5 Å². The van der Waals surface area contributed by atoms with Crippen molar-refractivity contribution in [1.82, 2.24) is 14.8 Å². The van der Waals surface area contributed by atoms with Crippen LogP contribution in [0.15, 0.2) is 36.5 Å². The number of carbonyl (C=O) groups is 2. The van der Waals surface area contributed by atoms with Crippen LogP contribution in [0.4, 0.5) is 10.5 Å². The van der Waals surface area contributed by atoms with E-state index in [-0.39, 0.29) is 17.9 Å². The van der Waals surface area contributed by atoms with Crippen molar-refractivity contribution in [2.45, 2.75) is 39.2 Å². The lowest BCUT2D eigenvalue weighted by molar-refractivity contribution is -0.137. The first-order valence-electron chi connectivity index (χ1n) is 11.2. The number of nitrogens with zero attached hydrogens (tertiary/aromatic N) is 4. The topological polar surface area (TPSA) is 66.0 Å². The van der Waals surface area contributed by atoms with Crippen molar-refractivity contribution >= 4 is 28.6 Å². The second kappa shape index (κ2) is 8.73. The van der Waals surface area contributed by atoms with Crippen molar-refractivity contribution < 1.29 is 14.3 Å². The zero-order valence-electron chi connectivity index (χ0n) is 18.7. The van der Waals surface area contributed by atoms with Crippen LogP contribution in [0.1, 0.15) is 33.6 Å². The SMILES string of the molecule is CC(C)(C)OC(=O)N1CCC[C@@H](C(=O)N2CCN(c3ccnc4ccccc34)CC2)C1. The summed E-state index contributed by atoms with van der Waals surface area (Å²) in [5, 5.41) is 1.14. The molecule has 0 unspecified atom stereocenters. The van der Waals surface area contributed by atoms with Gasteiger partial charge in [0, 0.05) is 56.5 Å². The maximum atomic E-state index is 13.2. The van der Waals surface area contributed by atoms with Gasteiger partial charge in [-0.3, -0.25) is 9.78 Å². The van der Waals surface area contributed by atoms with E-state index in [2.05, 4.69) is 22.0 Å². The molecule has 2 saturated heterocycles. The summed E-state index contributed by atoms with van der Waals surface area (Å²) in [6, 6.07) is 10.2. The third-order valence-corrected chi connectivity index (χ3v) is 5.98. The van der Waals surface area contributed by atoms with Crippen molar-refractivity contribution in [2.24, 2.45) is 5.92 Å². The molecule has 2 fully saturated rings. The molecule has 0 aliphatic carbocycles. The number of piperidine rings is 1. The number of carbonyl (C=O) groups excluding carboxylic acids is 2. The van der Waals surface area contributed by atoms with E-state index in [0.29, 0.717) is 26.2 Å². The number of para-hydroxylation sites is 1. The van der Waals surface area contributed by atoms with Gasteiger partial charge in [-0.2, -0.15) is 0 Å². The highest BCUT2D eigenvalue weighted by atomic mass is 16.6. The molecule has 7 heteroatoms. The molecule has 2 aliphatic rings. The van der Waals surface area contributed by atoms with Gasteiger partial charge in [0.25, 0.3) is 0 Å². The van der Waals surface area contributed by atoms with Crippen molar-refractivity contribution in [2.75, 3.05) is 44.2 Å². The number of pyridine rings is 1. The second-order valence-electron chi connectivity index (χ2n) is 9.43. The second-order valence-corrected chi connectivity index (χ2v) is 9.43. The summed E-state index contributed by atoms with van der Waals surface area (Å²) < 4.78 is 5.50. The van der Waals surface area contributed by atoms with Gasteiger partial charge in [0.15, 0.2) is 0 Å². The lowest BCUT2D eigenvalue weighted by Gasteiger charge is -2.40. The number of likely N-dealkylation sites (tertiary alicyclic amines) is 1. The molecule has 2 aromatic rings.